The number of rotatable bonds is 5. The summed E-state index contributed by atoms with van der Waals surface area (Å²) >= 11 is 0. The van der Waals surface area contributed by atoms with Crippen molar-refractivity contribution in [1.82, 2.24) is 0 Å². The molecule has 0 saturated heterocycles. The second kappa shape index (κ2) is 6.50. The van der Waals surface area contributed by atoms with Crippen LogP contribution in [-0.2, 0) is 4.84 Å². The molecule has 0 radical (unpaired) electrons. The van der Waals surface area contributed by atoms with Crippen LogP contribution in [0.25, 0.3) is 0 Å². The van der Waals surface area contributed by atoms with Crippen molar-refractivity contribution in [2.75, 3.05) is 13.7 Å². The first-order valence-electron chi connectivity index (χ1n) is 4.59. The van der Waals surface area contributed by atoms with Crippen LogP contribution >= 0.6 is 0 Å². The van der Waals surface area contributed by atoms with Crippen LogP contribution in [0.2, 0.25) is 0 Å². The van der Waals surface area contributed by atoms with Crippen LogP contribution in [0.1, 0.15) is 12.0 Å². The Balaban J connectivity index is 2.46. The molecule has 0 aliphatic rings. The van der Waals surface area contributed by atoms with Gasteiger partial charge in [0.1, 0.15) is 12.4 Å². The zero-order valence-electron chi connectivity index (χ0n) is 8.64. The quantitative estimate of drug-likeness (QED) is 0.317. The fourth-order valence-corrected chi connectivity index (χ4v) is 0.977. The summed E-state index contributed by atoms with van der Waals surface area (Å²) in [6.45, 7) is 0.441. The third-order valence-electron chi connectivity index (χ3n) is 1.71. The van der Waals surface area contributed by atoms with E-state index in [9.17, 15) is 0 Å². The van der Waals surface area contributed by atoms with Crippen LogP contribution < -0.4 is 4.74 Å². The highest BCUT2D eigenvalue weighted by atomic mass is 16.6. The molecule has 78 valence electrons. The van der Waals surface area contributed by atoms with Crippen LogP contribution in [0.4, 0.5) is 0 Å². The van der Waals surface area contributed by atoms with Gasteiger partial charge in [-0.15, -0.1) is 12.3 Å². The smallest absolute Gasteiger partial charge is 0.128 e. The molecule has 0 aliphatic carbocycles. The van der Waals surface area contributed by atoms with E-state index in [1.165, 1.54) is 0 Å². The lowest BCUT2D eigenvalue weighted by Gasteiger charge is -1.99. The molecule has 0 heterocycles. The fourth-order valence-electron chi connectivity index (χ4n) is 0.977. The second-order valence-electron chi connectivity index (χ2n) is 2.80. The molecule has 1 aromatic carbocycles. The van der Waals surface area contributed by atoms with Gasteiger partial charge < -0.3 is 9.57 Å². The summed E-state index contributed by atoms with van der Waals surface area (Å²) < 4.78 is 5.07. The number of hydrogen-bond donors (Lipinski definition) is 0. The number of oxime groups is 1. The third-order valence-corrected chi connectivity index (χ3v) is 1.71. The van der Waals surface area contributed by atoms with Gasteiger partial charge in [0, 0.05) is 6.42 Å². The lowest BCUT2D eigenvalue weighted by atomic mass is 10.2. The van der Waals surface area contributed by atoms with Gasteiger partial charge in [-0.25, -0.2) is 0 Å². The lowest BCUT2D eigenvalue weighted by molar-refractivity contribution is 0.152. The maximum Gasteiger partial charge on any atom is 0.128 e. The minimum absolute atomic E-state index is 0.441. The van der Waals surface area contributed by atoms with Crippen molar-refractivity contribution in [1.29, 1.82) is 0 Å². The molecule has 0 amide bonds. The molecule has 3 heteroatoms. The lowest BCUT2D eigenvalue weighted by Crippen LogP contribution is -1.88. The first kappa shape index (κ1) is 11.1. The summed E-state index contributed by atoms with van der Waals surface area (Å²) in [5.41, 5.74) is 0.926. The van der Waals surface area contributed by atoms with Crippen LogP contribution in [0.15, 0.2) is 29.4 Å². The summed E-state index contributed by atoms with van der Waals surface area (Å²) in [4.78, 5) is 4.94. The molecule has 3 nitrogen and oxygen atoms in total. The van der Waals surface area contributed by atoms with Crippen molar-refractivity contribution in [3.63, 3.8) is 0 Å². The average Bonchev–Trinajstić information content (AvgIpc) is 2.29. The predicted octanol–water partition coefficient (Wildman–Crippen LogP) is 2.07. The van der Waals surface area contributed by atoms with Gasteiger partial charge in [-0.1, -0.05) is 17.3 Å². The molecule has 1 aromatic rings. The first-order chi connectivity index (χ1) is 7.36. The van der Waals surface area contributed by atoms with Crippen LogP contribution in [0.5, 0.6) is 5.75 Å². The molecule has 0 aliphatic heterocycles. The Hall–Kier alpha value is -1.95. The highest BCUT2D eigenvalue weighted by molar-refractivity contribution is 5.79. The van der Waals surface area contributed by atoms with Crippen molar-refractivity contribution >= 4 is 6.21 Å². The van der Waals surface area contributed by atoms with Crippen LogP contribution in [0.3, 0.4) is 0 Å². The summed E-state index contributed by atoms with van der Waals surface area (Å²) in [5, 5.41) is 3.78. The molecule has 0 saturated carbocycles. The van der Waals surface area contributed by atoms with Gasteiger partial charge >= 0.3 is 0 Å². The molecule has 0 fully saturated rings. The molecule has 0 bridgehead atoms. The van der Waals surface area contributed by atoms with E-state index in [1.807, 2.05) is 24.3 Å². The minimum Gasteiger partial charge on any atom is -0.497 e. The fraction of sp³-hybridized carbons (Fsp3) is 0.250. The number of methoxy groups -OCH3 is 1. The normalized spacial score (nSPS) is 9.87. The van der Waals surface area contributed by atoms with E-state index >= 15 is 0 Å². The van der Waals surface area contributed by atoms with Gasteiger partial charge in [0.25, 0.3) is 0 Å². The maximum absolute atomic E-state index is 5.07. The standard InChI is InChI=1S/C12H13NO2/c1-3-4-8-15-13-10-11-6-5-7-12(9-11)14-2/h1,5-7,9-10H,4,8H2,2H3. The van der Waals surface area contributed by atoms with E-state index in [2.05, 4.69) is 11.1 Å². The highest BCUT2D eigenvalue weighted by Gasteiger charge is 1.91. The zero-order chi connectivity index (χ0) is 10.9. The number of nitrogens with zero attached hydrogens (tertiary/aromatic N) is 1. The maximum atomic E-state index is 5.07. The van der Waals surface area contributed by atoms with Crippen LogP contribution in [0, 0.1) is 12.3 Å². The Morgan fingerprint density at radius 2 is 2.40 bits per heavy atom. The molecule has 15 heavy (non-hydrogen) atoms. The van der Waals surface area contributed by atoms with Gasteiger partial charge in [-0.2, -0.15) is 0 Å². The molecule has 0 N–H and O–H groups in total. The van der Waals surface area contributed by atoms with Gasteiger partial charge in [-0.3, -0.25) is 0 Å². The molecule has 1 rings (SSSR count). The Kier molecular flexibility index (Phi) is 4.82. The van der Waals surface area contributed by atoms with Gasteiger partial charge in [0.05, 0.1) is 13.3 Å². The predicted molar refractivity (Wildman–Crippen MR) is 60.0 cm³/mol. The van der Waals surface area contributed by atoms with Crippen molar-refractivity contribution in [2.24, 2.45) is 5.16 Å². The van der Waals surface area contributed by atoms with Gasteiger partial charge in [0.15, 0.2) is 0 Å². The van der Waals surface area contributed by atoms with Gasteiger partial charge in [0.2, 0.25) is 0 Å². The monoisotopic (exact) mass is 203 g/mol. The Bertz CT molecular complexity index is 366. The Labute approximate surface area is 89.7 Å². The average molecular weight is 203 g/mol. The third kappa shape index (κ3) is 4.19. The zero-order valence-corrected chi connectivity index (χ0v) is 8.64. The second-order valence-corrected chi connectivity index (χ2v) is 2.80. The van der Waals surface area contributed by atoms with E-state index in [0.29, 0.717) is 13.0 Å². The molecule has 0 unspecified atom stereocenters. The van der Waals surface area contributed by atoms with E-state index in [1.54, 1.807) is 13.3 Å². The van der Waals surface area contributed by atoms with E-state index in [0.717, 1.165) is 11.3 Å². The first-order valence-corrected chi connectivity index (χ1v) is 4.59. The summed E-state index contributed by atoms with van der Waals surface area (Å²) in [6, 6.07) is 7.54. The Morgan fingerprint density at radius 3 is 3.13 bits per heavy atom. The van der Waals surface area contributed by atoms with Crippen molar-refractivity contribution in [3.8, 4) is 18.1 Å². The summed E-state index contributed by atoms with van der Waals surface area (Å²) in [7, 11) is 1.62. The summed E-state index contributed by atoms with van der Waals surface area (Å²) in [6.07, 6.45) is 7.25. The minimum atomic E-state index is 0.441. The van der Waals surface area contributed by atoms with Crippen molar-refractivity contribution in [3.05, 3.63) is 29.8 Å². The number of ether oxygens (including phenoxy) is 1. The van der Waals surface area contributed by atoms with Crippen molar-refractivity contribution in [2.45, 2.75) is 6.42 Å². The topological polar surface area (TPSA) is 30.8 Å². The van der Waals surface area contributed by atoms with E-state index in [4.69, 9.17) is 16.0 Å². The molecule has 0 aromatic heterocycles. The molecule has 0 atom stereocenters. The SMILES string of the molecule is C#CCCON=Cc1cccc(OC)c1. The van der Waals surface area contributed by atoms with Crippen molar-refractivity contribution < 1.29 is 9.57 Å². The van der Waals surface area contributed by atoms with Crippen LogP contribution in [-0.4, -0.2) is 19.9 Å². The number of hydrogen-bond acceptors (Lipinski definition) is 3. The molecular weight excluding hydrogens is 190 g/mol. The number of terminal acetylenes is 1. The Morgan fingerprint density at radius 1 is 1.53 bits per heavy atom. The molecular formula is C12H13NO2. The molecule has 0 spiro atoms. The van der Waals surface area contributed by atoms with Gasteiger partial charge in [-0.05, 0) is 17.7 Å². The number of benzene rings is 1. The highest BCUT2D eigenvalue weighted by Crippen LogP contribution is 2.10. The largest absolute Gasteiger partial charge is 0.497 e. The van der Waals surface area contributed by atoms with E-state index in [-0.39, 0.29) is 0 Å². The summed E-state index contributed by atoms with van der Waals surface area (Å²) in [5.74, 6) is 3.26. The van der Waals surface area contributed by atoms with E-state index < -0.39 is 0 Å².